The average Bonchev–Trinajstić information content (AvgIpc) is 1.00. The summed E-state index contributed by atoms with van der Waals surface area (Å²) < 4.78 is 0. The Balaban J connectivity index is -0.00000000500. The van der Waals surface area contributed by atoms with E-state index in [0.29, 0.717) is 0 Å². The minimum Gasteiger partial charge on any atom is 0 e. The molecule has 0 saturated heterocycles. The molecule has 0 unspecified atom stereocenters. The second-order valence-corrected chi connectivity index (χ2v) is 0. The van der Waals surface area contributed by atoms with Gasteiger partial charge < -0.3 is 0 Å². The zero-order chi connectivity index (χ0) is 2.00. The van der Waals surface area contributed by atoms with E-state index in [0.717, 1.165) is 0 Å². The van der Waals surface area contributed by atoms with Crippen molar-refractivity contribution in [3.05, 3.63) is 9.93 Å². The minimum absolute atomic E-state index is 0. The smallest absolute Gasteiger partial charge is 0 e. The Morgan fingerprint density at radius 2 is 1.00 bits per heavy atom. The first-order valence-corrected chi connectivity index (χ1v) is 0.167. The first-order chi connectivity index (χ1) is 1.00. The quantitative estimate of drug-likeness (QED) is 0.363. The molecule has 0 amide bonds. The average molecular weight is 83.1 g/mol. The van der Waals surface area contributed by atoms with Gasteiger partial charge in [0.05, 0.1) is 0 Å². The van der Waals surface area contributed by atoms with E-state index in [1.165, 1.54) is 0 Å². The van der Waals surface area contributed by atoms with Crippen LogP contribution < -0.4 is 0 Å². The van der Waals surface area contributed by atoms with Crippen LogP contribution >= 0.6 is 0 Å². The molecule has 4 heteroatoms. The molecule has 0 atom stereocenters. The maximum atomic E-state index is 7.00. The zero-order valence-electron chi connectivity index (χ0n) is 2.32. The van der Waals surface area contributed by atoms with Crippen LogP contribution in [0.5, 0.6) is 0 Å². The number of hydrogen-bond donors (Lipinski definition) is 0. The topological polar surface area (TPSA) is 34.1 Å². The van der Waals surface area contributed by atoms with Gasteiger partial charge in [-0.2, -0.15) is 0 Å². The maximum absolute atomic E-state index is 7.00. The molecule has 4 heavy (non-hydrogen) atoms. The van der Waals surface area contributed by atoms with E-state index < -0.39 is 0 Å². The minimum atomic E-state index is 0. The number of rotatable bonds is 0. The van der Waals surface area contributed by atoms with Crippen LogP contribution in [0.1, 0.15) is 0 Å². The van der Waals surface area contributed by atoms with Crippen molar-refractivity contribution in [2.45, 2.75) is 0 Å². The Bertz CT molecular complexity index is 6.00. The van der Waals surface area contributed by atoms with E-state index in [1.807, 2.05) is 0 Å². The number of hydrogen-bond acceptors (Lipinski definition) is 2. The molecular formula is NaO2Si. The Labute approximate surface area is 50.5 Å². The Morgan fingerprint density at radius 3 is 1.00 bits per heavy atom. The summed E-state index contributed by atoms with van der Waals surface area (Å²) in [5, 5.41) is 0. The van der Waals surface area contributed by atoms with Gasteiger partial charge >= 0.3 is 0 Å². The van der Waals surface area contributed by atoms with Crippen LogP contribution in [0.2, 0.25) is 0 Å². The van der Waals surface area contributed by atoms with Crippen molar-refractivity contribution >= 4 is 40.5 Å². The molecule has 0 spiro atoms. The van der Waals surface area contributed by atoms with Crippen molar-refractivity contribution in [1.29, 1.82) is 0 Å². The fourth-order valence-corrected chi connectivity index (χ4v) is 0. The van der Waals surface area contributed by atoms with E-state index in [2.05, 4.69) is 0 Å². The second kappa shape index (κ2) is 45.4. The van der Waals surface area contributed by atoms with Crippen molar-refractivity contribution in [2.24, 2.45) is 0 Å². The fraction of sp³-hybridized carbons (Fsp3) is 0. The predicted molar refractivity (Wildman–Crippen MR) is 18.2 cm³/mol. The summed E-state index contributed by atoms with van der Waals surface area (Å²) in [6, 6.07) is 0. The molecular weight excluding hydrogens is 83.1 g/mol. The van der Waals surface area contributed by atoms with Gasteiger partial charge in [-0.25, -0.2) is 0 Å². The molecule has 17 valence electrons. The molecule has 0 aromatic carbocycles. The monoisotopic (exact) mass is 83.0 g/mol. The van der Waals surface area contributed by atoms with Gasteiger partial charge in [0.15, 0.2) is 0 Å². The SMILES string of the molecule is O=O.[Na].[Si]. The summed E-state index contributed by atoms with van der Waals surface area (Å²) in [6.07, 6.45) is 0. The van der Waals surface area contributed by atoms with E-state index >= 15 is 0 Å². The van der Waals surface area contributed by atoms with Gasteiger partial charge in [0.25, 0.3) is 0 Å². The molecule has 0 N–H and O–H groups in total. The van der Waals surface area contributed by atoms with Crippen molar-refractivity contribution in [3.63, 3.8) is 0 Å². The largest absolute Gasteiger partial charge is 0 e. The van der Waals surface area contributed by atoms with Crippen molar-refractivity contribution in [2.75, 3.05) is 0 Å². The van der Waals surface area contributed by atoms with Gasteiger partial charge in [-0.1, -0.05) is 0 Å². The summed E-state index contributed by atoms with van der Waals surface area (Å²) >= 11 is 0. The van der Waals surface area contributed by atoms with Gasteiger partial charge in [0, 0.05) is 50.5 Å². The summed E-state index contributed by atoms with van der Waals surface area (Å²) in [6.45, 7) is 0. The van der Waals surface area contributed by atoms with Crippen LogP contribution in [-0.2, 0) is 0 Å². The summed E-state index contributed by atoms with van der Waals surface area (Å²) in [5.41, 5.74) is 0. The third-order valence-corrected chi connectivity index (χ3v) is 0. The van der Waals surface area contributed by atoms with E-state index in [4.69, 9.17) is 9.93 Å². The molecule has 0 heterocycles. The molecule has 0 rings (SSSR count). The molecule has 0 aromatic rings. The maximum Gasteiger partial charge on any atom is 0 e. The van der Waals surface area contributed by atoms with Crippen LogP contribution in [0.3, 0.4) is 0 Å². The Kier molecular flexibility index (Phi) is 241. The second-order valence-electron chi connectivity index (χ2n) is 0. The van der Waals surface area contributed by atoms with Gasteiger partial charge in [0.2, 0.25) is 0 Å². The normalized spacial score (nSPS) is 1.00. The van der Waals surface area contributed by atoms with Gasteiger partial charge in [-0.15, -0.1) is 0 Å². The summed E-state index contributed by atoms with van der Waals surface area (Å²) in [7, 11) is 0. The van der Waals surface area contributed by atoms with Crippen LogP contribution in [0.4, 0.5) is 0 Å². The molecule has 0 saturated carbocycles. The molecule has 0 aliphatic heterocycles. The predicted octanol–water partition coefficient (Wildman–Crippen LogP) is -0.695. The van der Waals surface area contributed by atoms with Crippen LogP contribution in [0, 0.1) is 9.93 Å². The van der Waals surface area contributed by atoms with Crippen LogP contribution in [-0.4, -0.2) is 40.5 Å². The Hall–Kier alpha value is 0.817. The van der Waals surface area contributed by atoms with Gasteiger partial charge in [-0.05, 0) is 0 Å². The molecule has 0 aliphatic rings. The Morgan fingerprint density at radius 1 is 1.00 bits per heavy atom. The van der Waals surface area contributed by atoms with E-state index in [1.54, 1.807) is 0 Å². The van der Waals surface area contributed by atoms with Crippen LogP contribution in [0.25, 0.3) is 0 Å². The van der Waals surface area contributed by atoms with Crippen LogP contribution in [0.15, 0.2) is 0 Å². The van der Waals surface area contributed by atoms with Crippen molar-refractivity contribution < 1.29 is 0 Å². The molecule has 0 aromatic heterocycles. The van der Waals surface area contributed by atoms with E-state index in [-0.39, 0.29) is 40.5 Å². The zero-order valence-corrected chi connectivity index (χ0v) is 5.32. The standard InChI is InChI=1S/Na.O2.Si/c;1-2;. The molecule has 5 radical (unpaired) electrons. The third kappa shape index (κ3) is 13.9. The molecule has 2 nitrogen and oxygen atoms in total. The van der Waals surface area contributed by atoms with Crippen molar-refractivity contribution in [3.8, 4) is 0 Å². The van der Waals surface area contributed by atoms with Crippen molar-refractivity contribution in [1.82, 2.24) is 0 Å². The van der Waals surface area contributed by atoms with Gasteiger partial charge in [-0.3, -0.25) is 0 Å². The summed E-state index contributed by atoms with van der Waals surface area (Å²) in [4.78, 5) is 14.0. The molecule has 0 aliphatic carbocycles. The van der Waals surface area contributed by atoms with Gasteiger partial charge in [0.1, 0.15) is 0 Å². The fourth-order valence-electron chi connectivity index (χ4n) is 0. The molecule has 0 fully saturated rings. The third-order valence-electron chi connectivity index (χ3n) is 0. The first-order valence-electron chi connectivity index (χ1n) is 0.167. The first kappa shape index (κ1) is 21.3. The molecule has 0 bridgehead atoms. The van der Waals surface area contributed by atoms with E-state index in [9.17, 15) is 0 Å². The summed E-state index contributed by atoms with van der Waals surface area (Å²) in [5.74, 6) is 0.